The van der Waals surface area contributed by atoms with Crippen LogP contribution >= 0.6 is 0 Å². The van der Waals surface area contributed by atoms with E-state index in [1.807, 2.05) is 49.3 Å². The van der Waals surface area contributed by atoms with E-state index in [0.29, 0.717) is 18.8 Å². The highest BCUT2D eigenvalue weighted by Gasteiger charge is 2.18. The van der Waals surface area contributed by atoms with Gasteiger partial charge in [-0.25, -0.2) is 0 Å². The molecule has 0 saturated carbocycles. The number of aromatic amines is 1. The SMILES string of the molecule is CN(C)CCN(Cc1ccccc1)C(=O)c1cn[nH]n1. The summed E-state index contributed by atoms with van der Waals surface area (Å²) < 4.78 is 0. The third-order valence-electron chi connectivity index (χ3n) is 2.95. The molecular formula is C14H19N5O. The third kappa shape index (κ3) is 3.89. The number of nitrogens with one attached hydrogen (secondary N) is 1. The Morgan fingerprint density at radius 2 is 1.95 bits per heavy atom. The standard InChI is InChI=1S/C14H19N5O/c1-18(2)8-9-19(11-12-6-4-3-5-7-12)14(20)13-10-15-17-16-13/h3-7,10H,8-9,11H2,1-2H3,(H,15,16,17). The van der Waals surface area contributed by atoms with E-state index in [2.05, 4.69) is 15.4 Å². The fraction of sp³-hybridized carbons (Fsp3) is 0.357. The minimum absolute atomic E-state index is 0.107. The second-order valence-electron chi connectivity index (χ2n) is 4.87. The molecule has 1 N–H and O–H groups in total. The van der Waals surface area contributed by atoms with Gasteiger partial charge in [0, 0.05) is 19.6 Å². The number of rotatable bonds is 6. The number of hydrogen-bond donors (Lipinski definition) is 1. The number of likely N-dealkylation sites (N-methyl/N-ethyl adjacent to an activating group) is 1. The zero-order valence-corrected chi connectivity index (χ0v) is 11.8. The van der Waals surface area contributed by atoms with E-state index in [-0.39, 0.29) is 5.91 Å². The molecule has 0 aliphatic carbocycles. The molecule has 0 fully saturated rings. The van der Waals surface area contributed by atoms with Crippen molar-refractivity contribution in [3.63, 3.8) is 0 Å². The van der Waals surface area contributed by atoms with Gasteiger partial charge in [-0.15, -0.1) is 0 Å². The molecule has 0 spiro atoms. The van der Waals surface area contributed by atoms with Gasteiger partial charge < -0.3 is 9.80 Å². The lowest BCUT2D eigenvalue weighted by molar-refractivity contribution is 0.0726. The van der Waals surface area contributed by atoms with E-state index < -0.39 is 0 Å². The van der Waals surface area contributed by atoms with Gasteiger partial charge in [-0.2, -0.15) is 15.4 Å². The number of H-pyrrole nitrogens is 1. The molecule has 2 aromatic rings. The highest BCUT2D eigenvalue weighted by molar-refractivity contribution is 5.91. The van der Waals surface area contributed by atoms with Crippen molar-refractivity contribution in [1.29, 1.82) is 0 Å². The molecule has 0 aliphatic heterocycles. The molecule has 0 bridgehead atoms. The molecule has 0 unspecified atom stereocenters. The Bertz CT molecular complexity index is 524. The highest BCUT2D eigenvalue weighted by atomic mass is 16.2. The second-order valence-corrected chi connectivity index (χ2v) is 4.87. The van der Waals surface area contributed by atoms with Crippen LogP contribution in [0.3, 0.4) is 0 Å². The summed E-state index contributed by atoms with van der Waals surface area (Å²) in [6.45, 7) is 2.02. The molecule has 1 aromatic heterocycles. The summed E-state index contributed by atoms with van der Waals surface area (Å²) in [4.78, 5) is 16.2. The first-order chi connectivity index (χ1) is 9.66. The summed E-state index contributed by atoms with van der Waals surface area (Å²) in [5.74, 6) is -0.107. The van der Waals surface area contributed by atoms with Gasteiger partial charge in [-0.05, 0) is 19.7 Å². The maximum Gasteiger partial charge on any atom is 0.276 e. The normalized spacial score (nSPS) is 10.8. The van der Waals surface area contributed by atoms with E-state index in [0.717, 1.165) is 12.1 Å². The first kappa shape index (κ1) is 14.2. The number of aromatic nitrogens is 3. The molecule has 106 valence electrons. The van der Waals surface area contributed by atoms with Gasteiger partial charge in [0.2, 0.25) is 0 Å². The molecular weight excluding hydrogens is 254 g/mol. The van der Waals surface area contributed by atoms with Gasteiger partial charge in [-0.3, -0.25) is 4.79 Å². The lowest BCUT2D eigenvalue weighted by Gasteiger charge is -2.23. The van der Waals surface area contributed by atoms with Crippen molar-refractivity contribution in [2.45, 2.75) is 6.54 Å². The monoisotopic (exact) mass is 273 g/mol. The molecule has 0 aliphatic rings. The van der Waals surface area contributed by atoms with Crippen LogP contribution in [-0.4, -0.2) is 58.3 Å². The maximum atomic E-state index is 12.4. The Hall–Kier alpha value is -2.21. The smallest absolute Gasteiger partial charge is 0.276 e. The Labute approximate surface area is 118 Å². The third-order valence-corrected chi connectivity index (χ3v) is 2.95. The van der Waals surface area contributed by atoms with E-state index in [1.54, 1.807) is 4.90 Å². The van der Waals surface area contributed by atoms with Crippen LogP contribution in [0.15, 0.2) is 36.5 Å². The minimum Gasteiger partial charge on any atom is -0.332 e. The predicted octanol–water partition coefficient (Wildman–Crippen LogP) is 1.01. The molecule has 0 radical (unpaired) electrons. The molecule has 1 heterocycles. The fourth-order valence-corrected chi connectivity index (χ4v) is 1.84. The lowest BCUT2D eigenvalue weighted by Crippen LogP contribution is -2.36. The predicted molar refractivity (Wildman–Crippen MR) is 76.1 cm³/mol. The number of carbonyl (C=O) groups is 1. The molecule has 20 heavy (non-hydrogen) atoms. The van der Waals surface area contributed by atoms with E-state index in [9.17, 15) is 4.79 Å². The van der Waals surface area contributed by atoms with Crippen LogP contribution < -0.4 is 0 Å². The van der Waals surface area contributed by atoms with Crippen LogP contribution in [0.5, 0.6) is 0 Å². The fourth-order valence-electron chi connectivity index (χ4n) is 1.84. The molecule has 0 atom stereocenters. The summed E-state index contributed by atoms with van der Waals surface area (Å²) in [7, 11) is 3.97. The number of carbonyl (C=O) groups excluding carboxylic acids is 1. The molecule has 2 rings (SSSR count). The maximum absolute atomic E-state index is 12.4. The van der Waals surface area contributed by atoms with Crippen molar-refractivity contribution in [2.24, 2.45) is 0 Å². The van der Waals surface area contributed by atoms with Crippen molar-refractivity contribution in [3.05, 3.63) is 47.8 Å². The first-order valence-electron chi connectivity index (χ1n) is 6.50. The Kier molecular flexibility index (Phi) is 4.84. The number of benzene rings is 1. The molecule has 6 nitrogen and oxygen atoms in total. The second kappa shape index (κ2) is 6.81. The van der Waals surface area contributed by atoms with Gasteiger partial charge in [0.25, 0.3) is 5.91 Å². The van der Waals surface area contributed by atoms with Crippen molar-refractivity contribution in [2.75, 3.05) is 27.2 Å². The van der Waals surface area contributed by atoms with Gasteiger partial charge in [0.15, 0.2) is 5.69 Å². The summed E-state index contributed by atoms with van der Waals surface area (Å²) in [6, 6.07) is 9.94. The number of hydrogen-bond acceptors (Lipinski definition) is 4. The van der Waals surface area contributed by atoms with Crippen molar-refractivity contribution in [1.82, 2.24) is 25.2 Å². The topological polar surface area (TPSA) is 65.1 Å². The molecule has 1 aromatic carbocycles. The van der Waals surface area contributed by atoms with Gasteiger partial charge in [0.1, 0.15) is 0 Å². The van der Waals surface area contributed by atoms with E-state index >= 15 is 0 Å². The minimum atomic E-state index is -0.107. The van der Waals surface area contributed by atoms with Crippen LogP contribution in [0.25, 0.3) is 0 Å². The highest BCUT2D eigenvalue weighted by Crippen LogP contribution is 2.08. The zero-order chi connectivity index (χ0) is 14.4. The molecule has 1 amide bonds. The van der Waals surface area contributed by atoms with Crippen LogP contribution in [0.4, 0.5) is 0 Å². The molecule has 6 heteroatoms. The Morgan fingerprint density at radius 3 is 2.55 bits per heavy atom. The summed E-state index contributed by atoms with van der Waals surface area (Å²) in [5, 5.41) is 10.0. The average molecular weight is 273 g/mol. The number of nitrogens with zero attached hydrogens (tertiary/aromatic N) is 4. The molecule has 0 saturated heterocycles. The van der Waals surface area contributed by atoms with Gasteiger partial charge >= 0.3 is 0 Å². The average Bonchev–Trinajstić information content (AvgIpc) is 2.97. The van der Waals surface area contributed by atoms with Gasteiger partial charge in [0.05, 0.1) is 6.20 Å². The Balaban J connectivity index is 2.10. The lowest BCUT2D eigenvalue weighted by atomic mass is 10.2. The quantitative estimate of drug-likeness (QED) is 0.853. The van der Waals surface area contributed by atoms with Crippen molar-refractivity contribution >= 4 is 5.91 Å². The van der Waals surface area contributed by atoms with Crippen molar-refractivity contribution < 1.29 is 4.79 Å². The first-order valence-corrected chi connectivity index (χ1v) is 6.50. The number of amides is 1. The van der Waals surface area contributed by atoms with Gasteiger partial charge in [-0.1, -0.05) is 30.3 Å². The van der Waals surface area contributed by atoms with E-state index in [1.165, 1.54) is 6.20 Å². The summed E-state index contributed by atoms with van der Waals surface area (Å²) in [6.07, 6.45) is 1.45. The van der Waals surface area contributed by atoms with E-state index in [4.69, 9.17) is 0 Å². The van der Waals surface area contributed by atoms with Crippen molar-refractivity contribution in [3.8, 4) is 0 Å². The van der Waals surface area contributed by atoms with Crippen LogP contribution in [-0.2, 0) is 6.54 Å². The van der Waals surface area contributed by atoms with Crippen LogP contribution in [0, 0.1) is 0 Å². The van der Waals surface area contributed by atoms with Crippen LogP contribution in [0.2, 0.25) is 0 Å². The van der Waals surface area contributed by atoms with Crippen LogP contribution in [0.1, 0.15) is 16.1 Å². The Morgan fingerprint density at radius 1 is 1.20 bits per heavy atom. The largest absolute Gasteiger partial charge is 0.332 e. The zero-order valence-electron chi connectivity index (χ0n) is 11.8. The summed E-state index contributed by atoms with van der Waals surface area (Å²) >= 11 is 0. The summed E-state index contributed by atoms with van der Waals surface area (Å²) in [5.41, 5.74) is 1.45.